The molecule has 0 saturated carbocycles. The van der Waals surface area contributed by atoms with Crippen LogP contribution in [0.3, 0.4) is 0 Å². The van der Waals surface area contributed by atoms with Gasteiger partial charge < -0.3 is 10.8 Å². The average Bonchev–Trinajstić information content (AvgIpc) is 2.29. The van der Waals surface area contributed by atoms with E-state index in [0.29, 0.717) is 21.3 Å². The van der Waals surface area contributed by atoms with Gasteiger partial charge >= 0.3 is 0 Å². The van der Waals surface area contributed by atoms with Crippen LogP contribution in [0.4, 0.5) is 5.69 Å². The Kier molecular flexibility index (Phi) is 3.57. The van der Waals surface area contributed by atoms with Crippen LogP contribution in [0.25, 0.3) is 0 Å². The van der Waals surface area contributed by atoms with E-state index in [-0.39, 0.29) is 0 Å². The largest absolute Gasteiger partial charge is 0.398 e. The van der Waals surface area contributed by atoms with Crippen LogP contribution in [0.2, 0.25) is 10.0 Å². The summed E-state index contributed by atoms with van der Waals surface area (Å²) in [7, 11) is 0. The zero-order chi connectivity index (χ0) is 12.4. The number of aliphatic hydroxyl groups excluding tert-OH is 1. The van der Waals surface area contributed by atoms with Gasteiger partial charge in [0.15, 0.2) is 0 Å². The number of nitrogen functional groups attached to an aromatic ring is 1. The van der Waals surface area contributed by atoms with Crippen molar-refractivity contribution in [3.05, 3.63) is 63.6 Å². The van der Waals surface area contributed by atoms with Gasteiger partial charge in [-0.15, -0.1) is 0 Å². The molecule has 4 heteroatoms. The minimum absolute atomic E-state index is 0.472. The summed E-state index contributed by atoms with van der Waals surface area (Å²) in [6, 6.07) is 12.0. The Morgan fingerprint density at radius 1 is 0.941 bits per heavy atom. The van der Waals surface area contributed by atoms with Crippen molar-refractivity contribution in [2.45, 2.75) is 6.10 Å². The van der Waals surface area contributed by atoms with Gasteiger partial charge in [-0.3, -0.25) is 0 Å². The predicted octanol–water partition coefficient (Wildman–Crippen LogP) is 3.66. The van der Waals surface area contributed by atoms with Crippen molar-refractivity contribution in [2.24, 2.45) is 0 Å². The van der Waals surface area contributed by atoms with Crippen molar-refractivity contribution < 1.29 is 5.11 Å². The first-order valence-electron chi connectivity index (χ1n) is 5.06. The first-order valence-corrected chi connectivity index (χ1v) is 5.82. The molecule has 88 valence electrons. The lowest BCUT2D eigenvalue weighted by atomic mass is 10.0. The Bertz CT molecular complexity index is 525. The molecule has 0 heterocycles. The summed E-state index contributed by atoms with van der Waals surface area (Å²) in [6.45, 7) is 0. The fraction of sp³-hybridized carbons (Fsp3) is 0.0769. The van der Waals surface area contributed by atoms with E-state index in [9.17, 15) is 5.11 Å². The molecule has 0 saturated heterocycles. The molecule has 2 rings (SSSR count). The van der Waals surface area contributed by atoms with Gasteiger partial charge in [-0.2, -0.15) is 0 Å². The van der Waals surface area contributed by atoms with E-state index in [2.05, 4.69) is 0 Å². The summed E-state index contributed by atoms with van der Waals surface area (Å²) in [5.74, 6) is 0. The smallest absolute Gasteiger partial charge is 0.106 e. The molecule has 0 spiro atoms. The summed E-state index contributed by atoms with van der Waals surface area (Å²) < 4.78 is 0. The zero-order valence-corrected chi connectivity index (χ0v) is 10.4. The lowest BCUT2D eigenvalue weighted by Crippen LogP contribution is -2.03. The lowest BCUT2D eigenvalue weighted by molar-refractivity contribution is 0.221. The van der Waals surface area contributed by atoms with Gasteiger partial charge in [-0.1, -0.05) is 41.4 Å². The minimum atomic E-state index is -0.774. The van der Waals surface area contributed by atoms with Crippen molar-refractivity contribution in [1.82, 2.24) is 0 Å². The third kappa shape index (κ3) is 2.72. The van der Waals surface area contributed by atoms with Crippen molar-refractivity contribution in [3.8, 4) is 0 Å². The number of nitrogens with two attached hydrogens (primary N) is 1. The number of rotatable bonds is 2. The molecule has 0 aliphatic carbocycles. The summed E-state index contributed by atoms with van der Waals surface area (Å²) in [6.07, 6.45) is -0.774. The molecular weight excluding hydrogens is 257 g/mol. The molecule has 3 N–H and O–H groups in total. The topological polar surface area (TPSA) is 46.2 Å². The van der Waals surface area contributed by atoms with Gasteiger partial charge in [-0.05, 0) is 29.8 Å². The van der Waals surface area contributed by atoms with E-state index >= 15 is 0 Å². The summed E-state index contributed by atoms with van der Waals surface area (Å²) in [5.41, 5.74) is 7.67. The quantitative estimate of drug-likeness (QED) is 0.816. The first-order chi connectivity index (χ1) is 8.08. The van der Waals surface area contributed by atoms with E-state index in [1.54, 1.807) is 42.5 Å². The third-order valence-corrected chi connectivity index (χ3v) is 3.02. The Morgan fingerprint density at radius 3 is 2.12 bits per heavy atom. The number of hydrogen-bond acceptors (Lipinski definition) is 2. The fourth-order valence-electron chi connectivity index (χ4n) is 1.62. The molecule has 0 aliphatic rings. The van der Waals surface area contributed by atoms with Gasteiger partial charge in [0.05, 0.1) is 0 Å². The second kappa shape index (κ2) is 4.96. The Labute approximate surface area is 110 Å². The molecule has 17 heavy (non-hydrogen) atoms. The summed E-state index contributed by atoms with van der Waals surface area (Å²) in [4.78, 5) is 0. The van der Waals surface area contributed by atoms with Crippen LogP contribution in [0.1, 0.15) is 17.2 Å². The molecular formula is C13H11Cl2NO. The maximum atomic E-state index is 10.2. The van der Waals surface area contributed by atoms with Gasteiger partial charge in [0, 0.05) is 21.3 Å². The Morgan fingerprint density at radius 2 is 1.53 bits per heavy atom. The lowest BCUT2D eigenvalue weighted by Gasteiger charge is -2.14. The molecule has 1 atom stereocenters. The normalized spacial score (nSPS) is 12.4. The van der Waals surface area contributed by atoms with E-state index in [4.69, 9.17) is 28.9 Å². The van der Waals surface area contributed by atoms with Crippen LogP contribution in [0, 0.1) is 0 Å². The Balaban J connectivity index is 2.36. The maximum Gasteiger partial charge on any atom is 0.106 e. The fourth-order valence-corrected chi connectivity index (χ4v) is 1.93. The number of aliphatic hydroxyl groups is 1. The van der Waals surface area contributed by atoms with Crippen molar-refractivity contribution in [3.63, 3.8) is 0 Å². The van der Waals surface area contributed by atoms with Crippen LogP contribution in [0.15, 0.2) is 42.5 Å². The van der Waals surface area contributed by atoms with Crippen LogP contribution < -0.4 is 5.73 Å². The van der Waals surface area contributed by atoms with Gasteiger partial charge in [0.2, 0.25) is 0 Å². The molecule has 2 aromatic carbocycles. The van der Waals surface area contributed by atoms with E-state index in [1.165, 1.54) is 0 Å². The molecule has 0 aliphatic heterocycles. The maximum absolute atomic E-state index is 10.2. The second-order valence-electron chi connectivity index (χ2n) is 3.73. The number of benzene rings is 2. The highest BCUT2D eigenvalue weighted by Crippen LogP contribution is 2.29. The SMILES string of the molecule is Nc1cc(Cl)ccc1C(O)c1ccc(Cl)cc1. The average molecular weight is 268 g/mol. The van der Waals surface area contributed by atoms with Crippen molar-refractivity contribution >= 4 is 28.9 Å². The highest BCUT2D eigenvalue weighted by molar-refractivity contribution is 6.31. The molecule has 0 bridgehead atoms. The second-order valence-corrected chi connectivity index (χ2v) is 4.60. The highest BCUT2D eigenvalue weighted by Gasteiger charge is 2.13. The van der Waals surface area contributed by atoms with Crippen molar-refractivity contribution in [1.29, 1.82) is 0 Å². The molecule has 0 radical (unpaired) electrons. The molecule has 0 aromatic heterocycles. The number of halogens is 2. The number of anilines is 1. The molecule has 1 unspecified atom stereocenters. The first kappa shape index (κ1) is 12.2. The number of hydrogen-bond donors (Lipinski definition) is 2. The predicted molar refractivity (Wildman–Crippen MR) is 71.4 cm³/mol. The van der Waals surface area contributed by atoms with E-state index < -0.39 is 6.10 Å². The molecule has 2 nitrogen and oxygen atoms in total. The van der Waals surface area contributed by atoms with E-state index in [1.807, 2.05) is 0 Å². The van der Waals surface area contributed by atoms with Crippen molar-refractivity contribution in [2.75, 3.05) is 5.73 Å². The van der Waals surface area contributed by atoms with Gasteiger partial charge in [0.25, 0.3) is 0 Å². The summed E-state index contributed by atoms with van der Waals surface area (Å²) >= 11 is 11.6. The monoisotopic (exact) mass is 267 g/mol. The highest BCUT2D eigenvalue weighted by atomic mass is 35.5. The minimum Gasteiger partial charge on any atom is -0.398 e. The van der Waals surface area contributed by atoms with Crippen LogP contribution in [0.5, 0.6) is 0 Å². The van der Waals surface area contributed by atoms with Gasteiger partial charge in [-0.25, -0.2) is 0 Å². The van der Waals surface area contributed by atoms with E-state index in [0.717, 1.165) is 5.56 Å². The van der Waals surface area contributed by atoms with Crippen LogP contribution >= 0.6 is 23.2 Å². The zero-order valence-electron chi connectivity index (χ0n) is 8.90. The molecule has 0 fully saturated rings. The molecule has 0 amide bonds. The van der Waals surface area contributed by atoms with Crippen LogP contribution in [-0.2, 0) is 0 Å². The standard InChI is InChI=1S/C13H11Cl2NO/c14-9-3-1-8(2-4-9)13(17)11-6-5-10(15)7-12(11)16/h1-7,13,17H,16H2. The Hall–Kier alpha value is -1.22. The van der Waals surface area contributed by atoms with Crippen LogP contribution in [-0.4, -0.2) is 5.11 Å². The van der Waals surface area contributed by atoms with Gasteiger partial charge in [0.1, 0.15) is 6.10 Å². The third-order valence-electron chi connectivity index (χ3n) is 2.53. The summed E-state index contributed by atoms with van der Waals surface area (Å²) in [5, 5.41) is 11.4. The molecule has 2 aromatic rings.